The van der Waals surface area contributed by atoms with Crippen LogP contribution in [0.3, 0.4) is 0 Å². The molecule has 2 aromatic heterocycles. The largest absolute Gasteiger partial charge is 0.497 e. The maximum atomic E-state index is 5.99. The van der Waals surface area contributed by atoms with E-state index in [0.717, 1.165) is 40.7 Å². The van der Waals surface area contributed by atoms with Crippen LogP contribution >= 0.6 is 11.8 Å². The highest BCUT2D eigenvalue weighted by atomic mass is 32.2. The Hall–Kier alpha value is -3.13. The summed E-state index contributed by atoms with van der Waals surface area (Å²) >= 11 is 1.62. The highest BCUT2D eigenvalue weighted by Crippen LogP contribution is 2.40. The minimum Gasteiger partial charge on any atom is -0.497 e. The molecule has 5 rings (SSSR count). The summed E-state index contributed by atoms with van der Waals surface area (Å²) in [5.74, 6) is 2.85. The Kier molecular flexibility index (Phi) is 6.44. The topological polar surface area (TPSA) is 78.9 Å². The Labute approximate surface area is 197 Å². The van der Waals surface area contributed by atoms with Gasteiger partial charge in [0.2, 0.25) is 11.8 Å². The number of aromatic nitrogens is 5. The number of thioether (sulfide) groups is 1. The van der Waals surface area contributed by atoms with Crippen LogP contribution in [0.2, 0.25) is 0 Å². The minimum absolute atomic E-state index is 0.0507. The Morgan fingerprint density at radius 2 is 1.67 bits per heavy atom. The van der Waals surface area contributed by atoms with E-state index < -0.39 is 0 Å². The molecule has 0 saturated heterocycles. The second kappa shape index (κ2) is 9.79. The second-order valence-electron chi connectivity index (χ2n) is 8.27. The Bertz CT molecular complexity index is 1180. The normalized spacial score (nSPS) is 15.5. The summed E-state index contributed by atoms with van der Waals surface area (Å²) in [4.78, 5) is 0. The van der Waals surface area contributed by atoms with Crippen molar-refractivity contribution in [2.24, 2.45) is 0 Å². The summed E-state index contributed by atoms with van der Waals surface area (Å²) in [6.07, 6.45) is 6.03. The van der Waals surface area contributed by atoms with Gasteiger partial charge in [-0.2, -0.15) is 0 Å². The van der Waals surface area contributed by atoms with E-state index in [2.05, 4.69) is 31.9 Å². The molecule has 8 heteroatoms. The number of benzene rings is 2. The Balaban J connectivity index is 1.43. The van der Waals surface area contributed by atoms with Gasteiger partial charge in [0.1, 0.15) is 5.75 Å². The molecule has 0 amide bonds. The van der Waals surface area contributed by atoms with Crippen molar-refractivity contribution in [2.45, 2.75) is 55.5 Å². The first-order valence-electron chi connectivity index (χ1n) is 11.4. The fourth-order valence-corrected chi connectivity index (χ4v) is 5.22. The predicted octanol–water partition coefficient (Wildman–Crippen LogP) is 6.36. The molecule has 2 heterocycles. The quantitative estimate of drug-likeness (QED) is 0.296. The van der Waals surface area contributed by atoms with Crippen molar-refractivity contribution in [1.82, 2.24) is 25.0 Å². The Morgan fingerprint density at radius 3 is 2.39 bits per heavy atom. The number of hydrogen-bond donors (Lipinski definition) is 0. The van der Waals surface area contributed by atoms with Gasteiger partial charge in [0.05, 0.1) is 12.4 Å². The molecule has 0 spiro atoms. The van der Waals surface area contributed by atoms with Crippen LogP contribution in [0.1, 0.15) is 56.2 Å². The molecular weight excluding hydrogens is 434 g/mol. The van der Waals surface area contributed by atoms with Gasteiger partial charge in [-0.15, -0.1) is 20.4 Å². The highest BCUT2D eigenvalue weighted by molar-refractivity contribution is 7.99. The number of rotatable bonds is 7. The van der Waals surface area contributed by atoms with Crippen molar-refractivity contribution >= 4 is 11.8 Å². The van der Waals surface area contributed by atoms with E-state index in [1.807, 2.05) is 54.6 Å². The zero-order chi connectivity index (χ0) is 22.6. The molecule has 7 nitrogen and oxygen atoms in total. The smallest absolute Gasteiger partial charge is 0.247 e. The molecule has 4 aromatic rings. The van der Waals surface area contributed by atoms with E-state index in [-0.39, 0.29) is 5.25 Å². The maximum absolute atomic E-state index is 5.99. The lowest BCUT2D eigenvalue weighted by Gasteiger charge is -2.26. The molecular formula is C25H27N5O2S. The molecule has 2 aromatic carbocycles. The van der Waals surface area contributed by atoms with Crippen molar-refractivity contribution in [3.8, 4) is 28.6 Å². The van der Waals surface area contributed by atoms with E-state index >= 15 is 0 Å². The standard InChI is InChI=1S/C25H27N5O2S/c1-17(23-27-28-24(32-23)19-9-5-3-6-10-19)33-25-29-26-22(18-13-15-21(31-2)16-14-18)30(25)20-11-7-4-8-12-20/h3,5-6,9-10,13-17,20H,4,7-8,11-12H2,1-2H3. The minimum atomic E-state index is -0.0507. The zero-order valence-corrected chi connectivity index (χ0v) is 19.7. The van der Waals surface area contributed by atoms with Crippen LogP contribution in [0.5, 0.6) is 5.75 Å². The van der Waals surface area contributed by atoms with Crippen molar-refractivity contribution in [3.63, 3.8) is 0 Å². The SMILES string of the molecule is COc1ccc(-c2nnc(SC(C)c3nnc(-c4ccccc4)o3)n2C2CCCCC2)cc1. The van der Waals surface area contributed by atoms with Crippen LogP contribution in [0.4, 0.5) is 0 Å². The first kappa shape index (κ1) is 21.7. The maximum Gasteiger partial charge on any atom is 0.247 e. The van der Waals surface area contributed by atoms with Crippen LogP contribution in [0.15, 0.2) is 64.2 Å². The monoisotopic (exact) mass is 461 g/mol. The fraction of sp³-hybridized carbons (Fsp3) is 0.360. The molecule has 1 atom stereocenters. The first-order valence-corrected chi connectivity index (χ1v) is 12.3. The average Bonchev–Trinajstić information content (AvgIpc) is 3.53. The number of ether oxygens (including phenoxy) is 1. The predicted molar refractivity (Wildman–Crippen MR) is 128 cm³/mol. The number of hydrogen-bond acceptors (Lipinski definition) is 7. The molecule has 0 radical (unpaired) electrons. The Morgan fingerprint density at radius 1 is 0.909 bits per heavy atom. The van der Waals surface area contributed by atoms with E-state index in [4.69, 9.17) is 9.15 Å². The summed E-state index contributed by atoms with van der Waals surface area (Å²) in [6, 6.07) is 18.2. The number of methoxy groups -OCH3 is 1. The van der Waals surface area contributed by atoms with Crippen molar-refractivity contribution in [1.29, 1.82) is 0 Å². The van der Waals surface area contributed by atoms with Crippen LogP contribution in [-0.2, 0) is 0 Å². The first-order chi connectivity index (χ1) is 16.2. The lowest BCUT2D eigenvalue weighted by molar-refractivity contribution is 0.339. The van der Waals surface area contributed by atoms with E-state index in [1.165, 1.54) is 19.3 Å². The molecule has 1 unspecified atom stereocenters. The van der Waals surface area contributed by atoms with Crippen molar-refractivity contribution < 1.29 is 9.15 Å². The second-order valence-corrected chi connectivity index (χ2v) is 9.58. The fourth-order valence-electron chi connectivity index (χ4n) is 4.27. The summed E-state index contributed by atoms with van der Waals surface area (Å²) in [5.41, 5.74) is 1.96. The molecule has 0 N–H and O–H groups in total. The van der Waals surface area contributed by atoms with Gasteiger partial charge < -0.3 is 9.15 Å². The van der Waals surface area contributed by atoms with Gasteiger partial charge >= 0.3 is 0 Å². The van der Waals surface area contributed by atoms with Gasteiger partial charge in [0.15, 0.2) is 11.0 Å². The van der Waals surface area contributed by atoms with Crippen LogP contribution in [0, 0.1) is 0 Å². The lowest BCUT2D eigenvalue weighted by atomic mass is 9.95. The summed E-state index contributed by atoms with van der Waals surface area (Å²) in [5, 5.41) is 18.6. The number of nitrogens with zero attached hydrogens (tertiary/aromatic N) is 5. The van der Waals surface area contributed by atoms with Gasteiger partial charge in [-0.05, 0) is 56.2 Å². The van der Waals surface area contributed by atoms with E-state index in [0.29, 0.717) is 17.8 Å². The molecule has 1 aliphatic rings. The van der Waals surface area contributed by atoms with Gasteiger partial charge in [-0.1, -0.05) is 49.2 Å². The van der Waals surface area contributed by atoms with Gasteiger partial charge in [0.25, 0.3) is 0 Å². The third-order valence-corrected chi connectivity index (χ3v) is 7.09. The summed E-state index contributed by atoms with van der Waals surface area (Å²) in [6.45, 7) is 2.07. The zero-order valence-electron chi connectivity index (χ0n) is 18.8. The molecule has 1 saturated carbocycles. The van der Waals surface area contributed by atoms with Crippen LogP contribution in [0.25, 0.3) is 22.8 Å². The molecule has 1 aliphatic carbocycles. The lowest BCUT2D eigenvalue weighted by Crippen LogP contribution is -2.15. The molecule has 170 valence electrons. The van der Waals surface area contributed by atoms with E-state index in [9.17, 15) is 0 Å². The molecule has 33 heavy (non-hydrogen) atoms. The summed E-state index contributed by atoms with van der Waals surface area (Å²) < 4.78 is 13.6. The molecule has 0 bridgehead atoms. The highest BCUT2D eigenvalue weighted by Gasteiger charge is 2.26. The van der Waals surface area contributed by atoms with Gasteiger partial charge in [-0.3, -0.25) is 4.57 Å². The van der Waals surface area contributed by atoms with Crippen LogP contribution < -0.4 is 4.74 Å². The van der Waals surface area contributed by atoms with Crippen molar-refractivity contribution in [3.05, 3.63) is 60.5 Å². The average molecular weight is 462 g/mol. The van der Waals surface area contributed by atoms with Crippen LogP contribution in [-0.4, -0.2) is 32.1 Å². The summed E-state index contributed by atoms with van der Waals surface area (Å²) in [7, 11) is 1.68. The van der Waals surface area contributed by atoms with E-state index in [1.54, 1.807) is 18.9 Å². The van der Waals surface area contributed by atoms with Gasteiger partial charge in [-0.25, -0.2) is 0 Å². The van der Waals surface area contributed by atoms with Gasteiger partial charge in [0, 0.05) is 17.2 Å². The van der Waals surface area contributed by atoms with Crippen molar-refractivity contribution in [2.75, 3.05) is 7.11 Å². The molecule has 1 fully saturated rings. The molecule has 0 aliphatic heterocycles. The third kappa shape index (κ3) is 4.66. The third-order valence-electron chi connectivity index (χ3n) is 6.04.